The zero-order valence-electron chi connectivity index (χ0n) is 25.0. The summed E-state index contributed by atoms with van der Waals surface area (Å²) in [7, 11) is 0. The molecular weight excluding hydrogens is 561 g/mol. The van der Waals surface area contributed by atoms with E-state index in [0.29, 0.717) is 37.8 Å². The Morgan fingerprint density at radius 3 is 2.42 bits per heavy atom. The number of esters is 1. The number of thiophene rings is 1. The van der Waals surface area contributed by atoms with Crippen LogP contribution in [0.4, 0.5) is 4.39 Å². The van der Waals surface area contributed by atoms with Gasteiger partial charge in [-0.1, -0.05) is 36.4 Å². The number of benzene rings is 2. The second-order valence-electron chi connectivity index (χ2n) is 11.5. The highest BCUT2D eigenvalue weighted by atomic mass is 32.1. The highest BCUT2D eigenvalue weighted by molar-refractivity contribution is 7.07. The molecule has 2 aliphatic heterocycles. The van der Waals surface area contributed by atoms with Gasteiger partial charge in [0.1, 0.15) is 5.82 Å². The highest BCUT2D eigenvalue weighted by Crippen LogP contribution is 2.30. The van der Waals surface area contributed by atoms with Crippen LogP contribution in [-0.4, -0.2) is 65.6 Å². The van der Waals surface area contributed by atoms with E-state index in [1.807, 2.05) is 77.3 Å². The molecule has 0 saturated carbocycles. The third-order valence-electron chi connectivity index (χ3n) is 8.55. The Hall–Kier alpha value is -3.49. The van der Waals surface area contributed by atoms with Crippen molar-refractivity contribution in [3.05, 3.63) is 94.6 Å². The third kappa shape index (κ3) is 8.33. The molecule has 0 radical (unpaired) electrons. The van der Waals surface area contributed by atoms with E-state index in [9.17, 15) is 14.0 Å². The van der Waals surface area contributed by atoms with E-state index >= 15 is 0 Å². The van der Waals surface area contributed by atoms with Crippen LogP contribution in [-0.2, 0) is 16.1 Å². The van der Waals surface area contributed by atoms with Crippen molar-refractivity contribution in [3.8, 4) is 0 Å². The molecule has 4 aromatic rings. The summed E-state index contributed by atoms with van der Waals surface area (Å²) < 4.78 is 20.4. The van der Waals surface area contributed by atoms with Gasteiger partial charge in [0.2, 0.25) is 0 Å². The molecule has 0 bridgehead atoms. The van der Waals surface area contributed by atoms with Crippen molar-refractivity contribution in [2.24, 2.45) is 5.92 Å². The van der Waals surface area contributed by atoms with Crippen molar-refractivity contribution in [1.29, 1.82) is 0 Å². The summed E-state index contributed by atoms with van der Waals surface area (Å²) >= 11 is 1.71. The van der Waals surface area contributed by atoms with Crippen molar-refractivity contribution in [2.45, 2.75) is 51.5 Å². The fourth-order valence-corrected chi connectivity index (χ4v) is 6.81. The number of nitrogens with zero attached hydrogens (tertiary/aromatic N) is 3. The lowest BCUT2D eigenvalue weighted by Crippen LogP contribution is -2.38. The SMILES string of the molecule is CCOC(=O)CCCn1ccc2cccc(C(=O)N3CC[C@H](CN4CCC(c5ccc(F)cc5)CC4)C3)c21.c1ccsc1. The van der Waals surface area contributed by atoms with Crippen LogP contribution in [0.3, 0.4) is 0 Å². The number of hydrogen-bond acceptors (Lipinski definition) is 5. The molecule has 228 valence electrons. The molecule has 1 atom stereocenters. The maximum absolute atomic E-state index is 13.6. The summed E-state index contributed by atoms with van der Waals surface area (Å²) in [6.45, 7) is 7.57. The van der Waals surface area contributed by atoms with E-state index in [-0.39, 0.29) is 17.7 Å². The van der Waals surface area contributed by atoms with Crippen LogP contribution in [0.1, 0.15) is 60.9 Å². The van der Waals surface area contributed by atoms with Gasteiger partial charge in [-0.2, -0.15) is 11.3 Å². The molecule has 6 nitrogen and oxygen atoms in total. The van der Waals surface area contributed by atoms with E-state index in [2.05, 4.69) is 9.47 Å². The van der Waals surface area contributed by atoms with E-state index in [0.717, 1.165) is 68.5 Å². The van der Waals surface area contributed by atoms with Crippen molar-refractivity contribution < 1.29 is 18.7 Å². The number of ether oxygens (including phenoxy) is 1. The molecule has 1 amide bonds. The number of fused-ring (bicyclic) bond motifs is 1. The zero-order chi connectivity index (χ0) is 30.0. The molecule has 0 spiro atoms. The maximum atomic E-state index is 13.6. The number of piperidine rings is 1. The topological polar surface area (TPSA) is 54.8 Å². The van der Waals surface area contributed by atoms with Gasteiger partial charge in [0.15, 0.2) is 0 Å². The van der Waals surface area contributed by atoms with Crippen LogP contribution in [0.2, 0.25) is 0 Å². The predicted molar refractivity (Wildman–Crippen MR) is 171 cm³/mol. The average Bonchev–Trinajstić information content (AvgIpc) is 3.82. The number of rotatable bonds is 9. The minimum Gasteiger partial charge on any atom is -0.466 e. The largest absolute Gasteiger partial charge is 0.466 e. The van der Waals surface area contributed by atoms with Gasteiger partial charge < -0.3 is 19.1 Å². The quantitative estimate of drug-likeness (QED) is 0.190. The minimum absolute atomic E-state index is 0.0958. The number of hydrogen-bond donors (Lipinski definition) is 0. The van der Waals surface area contributed by atoms with Gasteiger partial charge in [-0.3, -0.25) is 9.59 Å². The predicted octanol–water partition coefficient (Wildman–Crippen LogP) is 7.21. The molecule has 0 aliphatic carbocycles. The summed E-state index contributed by atoms with van der Waals surface area (Å²) in [6.07, 6.45) is 6.27. The molecule has 2 aromatic carbocycles. The van der Waals surface area contributed by atoms with Crippen molar-refractivity contribution in [2.75, 3.05) is 39.3 Å². The molecule has 4 heterocycles. The van der Waals surface area contributed by atoms with E-state index in [1.165, 1.54) is 5.56 Å². The molecule has 8 heteroatoms. The van der Waals surface area contributed by atoms with Gasteiger partial charge in [-0.25, -0.2) is 4.39 Å². The summed E-state index contributed by atoms with van der Waals surface area (Å²) in [5.74, 6) is 0.728. The van der Waals surface area contributed by atoms with Crippen LogP contribution in [0.15, 0.2) is 77.6 Å². The highest BCUT2D eigenvalue weighted by Gasteiger charge is 2.31. The zero-order valence-corrected chi connectivity index (χ0v) is 25.8. The lowest BCUT2D eigenvalue weighted by molar-refractivity contribution is -0.143. The first-order valence-corrected chi connectivity index (χ1v) is 16.4. The number of carbonyl (C=O) groups is 2. The maximum Gasteiger partial charge on any atom is 0.305 e. The Morgan fingerprint density at radius 2 is 1.72 bits per heavy atom. The molecule has 0 unspecified atom stereocenters. The number of aryl methyl sites for hydroxylation is 1. The van der Waals surface area contributed by atoms with Crippen LogP contribution in [0.25, 0.3) is 10.9 Å². The Morgan fingerprint density at radius 1 is 0.953 bits per heavy atom. The molecule has 6 rings (SSSR count). The fourth-order valence-electron chi connectivity index (χ4n) is 6.36. The Balaban J connectivity index is 0.000000668. The first-order chi connectivity index (χ1) is 21.0. The van der Waals surface area contributed by atoms with Crippen LogP contribution >= 0.6 is 11.3 Å². The van der Waals surface area contributed by atoms with Crippen molar-refractivity contribution in [1.82, 2.24) is 14.4 Å². The van der Waals surface area contributed by atoms with E-state index < -0.39 is 0 Å². The van der Waals surface area contributed by atoms with Gasteiger partial charge >= 0.3 is 5.97 Å². The summed E-state index contributed by atoms with van der Waals surface area (Å²) in [4.78, 5) is 29.9. The molecule has 2 fully saturated rings. The monoisotopic (exact) mass is 603 g/mol. The van der Waals surface area contributed by atoms with E-state index in [1.54, 1.807) is 23.5 Å². The fraction of sp³-hybridized carbons (Fsp3) is 0.429. The number of aromatic nitrogens is 1. The number of para-hydroxylation sites is 1. The molecule has 2 saturated heterocycles. The Bertz CT molecular complexity index is 1430. The van der Waals surface area contributed by atoms with E-state index in [4.69, 9.17) is 4.74 Å². The summed E-state index contributed by atoms with van der Waals surface area (Å²) in [5.41, 5.74) is 2.93. The second kappa shape index (κ2) is 15.3. The second-order valence-corrected chi connectivity index (χ2v) is 12.3. The lowest BCUT2D eigenvalue weighted by Gasteiger charge is -2.33. The first kappa shape index (κ1) is 31.0. The Labute approximate surface area is 258 Å². The van der Waals surface area contributed by atoms with Crippen LogP contribution in [0, 0.1) is 11.7 Å². The van der Waals surface area contributed by atoms with Crippen LogP contribution in [0.5, 0.6) is 0 Å². The van der Waals surface area contributed by atoms with Gasteiger partial charge in [0.05, 0.1) is 17.7 Å². The Kier molecular flexibility index (Phi) is 11.0. The molecule has 2 aromatic heterocycles. The number of amides is 1. The molecule has 2 aliphatic rings. The van der Waals surface area contributed by atoms with Gasteiger partial charge in [0, 0.05) is 44.2 Å². The molecule has 0 N–H and O–H groups in total. The number of carbonyl (C=O) groups excluding carboxylic acids is 2. The molecular formula is C35H42FN3O3S. The van der Waals surface area contributed by atoms with Gasteiger partial charge in [-0.05, 0) is 98.1 Å². The lowest BCUT2D eigenvalue weighted by atomic mass is 9.89. The van der Waals surface area contributed by atoms with Gasteiger partial charge in [0.25, 0.3) is 5.91 Å². The van der Waals surface area contributed by atoms with Crippen LogP contribution < -0.4 is 0 Å². The summed E-state index contributed by atoms with van der Waals surface area (Å²) in [5, 5.41) is 5.13. The molecule has 43 heavy (non-hydrogen) atoms. The standard InChI is InChI=1S/C31H38FN3O3.C4H4S/c1-2-38-29(36)7-4-16-34-20-15-26-5-3-6-28(30(26)34)31(37)35-19-12-23(22-35)21-33-17-13-25(14-18-33)24-8-10-27(32)11-9-24;1-2-4-5-3-1/h3,5-6,8-11,15,20,23,25H,2,4,7,12-14,16-19,21-22H2,1H3;1-4H/t23-;/m1./s1. The smallest absolute Gasteiger partial charge is 0.305 e. The number of likely N-dealkylation sites (tertiary alicyclic amines) is 2. The first-order valence-electron chi connectivity index (χ1n) is 15.5. The van der Waals surface area contributed by atoms with Gasteiger partial charge in [-0.15, -0.1) is 0 Å². The number of halogens is 1. The summed E-state index contributed by atoms with van der Waals surface area (Å²) in [6, 6.07) is 19.0. The third-order valence-corrected chi connectivity index (χ3v) is 9.18. The average molecular weight is 604 g/mol. The normalized spacial score (nSPS) is 17.5. The minimum atomic E-state index is -0.178. The van der Waals surface area contributed by atoms with Crippen molar-refractivity contribution in [3.63, 3.8) is 0 Å². The van der Waals surface area contributed by atoms with Crippen molar-refractivity contribution >= 4 is 34.1 Å².